The third kappa shape index (κ3) is 7.04. The minimum Gasteiger partial charge on any atom is -0.462 e. The number of hydrogen-bond acceptors (Lipinski definition) is 5. The lowest BCUT2D eigenvalue weighted by atomic mass is 10.1. The summed E-state index contributed by atoms with van der Waals surface area (Å²) in [5.74, 6) is -0.610. The minimum atomic E-state index is -0.566. The van der Waals surface area contributed by atoms with E-state index in [9.17, 15) is 9.59 Å². The van der Waals surface area contributed by atoms with Crippen molar-refractivity contribution in [3.63, 3.8) is 0 Å². The second-order valence-corrected chi connectivity index (χ2v) is 7.39. The molecule has 0 aliphatic heterocycles. The van der Waals surface area contributed by atoms with Crippen LogP contribution in [-0.4, -0.2) is 24.8 Å². The monoisotopic (exact) mass is 400 g/mol. The summed E-state index contributed by atoms with van der Waals surface area (Å²) in [6.45, 7) is 2.55. The second kappa shape index (κ2) is 12.2. The van der Waals surface area contributed by atoms with Gasteiger partial charge in [-0.3, -0.25) is 0 Å². The third-order valence-electron chi connectivity index (χ3n) is 4.37. The van der Waals surface area contributed by atoms with Gasteiger partial charge in [-0.05, 0) is 49.1 Å². The number of esters is 2. The van der Waals surface area contributed by atoms with Crippen LogP contribution in [0.15, 0.2) is 53.4 Å². The Morgan fingerprint density at radius 3 is 2.07 bits per heavy atom. The van der Waals surface area contributed by atoms with Gasteiger partial charge in [0.15, 0.2) is 0 Å². The highest BCUT2D eigenvalue weighted by atomic mass is 32.2. The van der Waals surface area contributed by atoms with Gasteiger partial charge in [0.2, 0.25) is 0 Å². The molecule has 0 fully saturated rings. The van der Waals surface area contributed by atoms with Gasteiger partial charge in [0.1, 0.15) is 5.75 Å². The summed E-state index contributed by atoms with van der Waals surface area (Å²) in [7, 11) is 0. The molecule has 28 heavy (non-hydrogen) atoms. The first kappa shape index (κ1) is 22.0. The van der Waals surface area contributed by atoms with Crippen molar-refractivity contribution in [1.29, 1.82) is 0 Å². The molecular weight excluding hydrogens is 372 g/mol. The van der Waals surface area contributed by atoms with E-state index in [-0.39, 0.29) is 11.1 Å². The molecule has 0 radical (unpaired) electrons. The predicted octanol–water partition coefficient (Wildman–Crippen LogP) is 6.15. The minimum absolute atomic E-state index is 0.212. The number of thioether (sulfide) groups is 1. The Bertz CT molecular complexity index is 755. The molecule has 2 aromatic carbocycles. The van der Waals surface area contributed by atoms with Crippen LogP contribution >= 0.6 is 11.8 Å². The highest BCUT2D eigenvalue weighted by Crippen LogP contribution is 2.21. The molecule has 4 nitrogen and oxygen atoms in total. The summed E-state index contributed by atoms with van der Waals surface area (Å²) in [4.78, 5) is 26.0. The number of hydrogen-bond donors (Lipinski definition) is 0. The molecule has 0 heterocycles. The van der Waals surface area contributed by atoms with Crippen molar-refractivity contribution >= 4 is 23.7 Å². The van der Waals surface area contributed by atoms with Gasteiger partial charge in [0.25, 0.3) is 0 Å². The van der Waals surface area contributed by atoms with E-state index in [1.54, 1.807) is 48.2 Å². The van der Waals surface area contributed by atoms with Crippen LogP contribution in [0.3, 0.4) is 0 Å². The van der Waals surface area contributed by atoms with Crippen LogP contribution in [-0.2, 0) is 4.74 Å². The zero-order chi connectivity index (χ0) is 20.2. The van der Waals surface area contributed by atoms with Crippen LogP contribution in [0.5, 0.6) is 5.75 Å². The summed E-state index contributed by atoms with van der Waals surface area (Å²) in [5.41, 5.74) is 0.448. The normalized spacial score (nSPS) is 10.5. The highest BCUT2D eigenvalue weighted by molar-refractivity contribution is 7.98. The van der Waals surface area contributed by atoms with E-state index in [1.807, 2.05) is 18.4 Å². The maximum atomic E-state index is 12.5. The van der Waals surface area contributed by atoms with E-state index in [4.69, 9.17) is 9.47 Å². The number of rotatable bonds is 11. The molecule has 150 valence electrons. The summed E-state index contributed by atoms with van der Waals surface area (Å²) in [6, 6.07) is 13.8. The Labute approximate surface area is 171 Å². The largest absolute Gasteiger partial charge is 0.462 e. The number of ether oxygens (including phenoxy) is 2. The fraction of sp³-hybridized carbons (Fsp3) is 0.391. The molecule has 5 heteroatoms. The summed E-state index contributed by atoms with van der Waals surface area (Å²) in [6.07, 6.45) is 8.69. The second-order valence-electron chi connectivity index (χ2n) is 6.51. The van der Waals surface area contributed by atoms with Gasteiger partial charge >= 0.3 is 11.9 Å². The standard InChI is InChI=1S/C23H28O4S/c1-3-4-5-6-7-10-17-26-22(24)20-11-8-9-12-21(20)23(25)27-18-13-15-19(28-2)16-14-18/h8-9,11-16H,3-7,10,17H2,1-2H3. The number of carbonyl (C=O) groups excluding carboxylic acids is 2. The van der Waals surface area contributed by atoms with E-state index in [0.29, 0.717) is 12.4 Å². The molecule has 2 aromatic rings. The fourth-order valence-corrected chi connectivity index (χ4v) is 3.18. The van der Waals surface area contributed by atoms with Crippen molar-refractivity contribution in [3.05, 3.63) is 59.7 Å². The van der Waals surface area contributed by atoms with Crippen LogP contribution in [0.4, 0.5) is 0 Å². The average Bonchev–Trinajstić information content (AvgIpc) is 2.73. The SMILES string of the molecule is CCCCCCCCOC(=O)c1ccccc1C(=O)Oc1ccc(SC)cc1. The van der Waals surface area contributed by atoms with Gasteiger partial charge in [-0.15, -0.1) is 11.8 Å². The molecule has 0 saturated heterocycles. The molecule has 0 bridgehead atoms. The van der Waals surface area contributed by atoms with Crippen LogP contribution < -0.4 is 4.74 Å². The molecule has 0 amide bonds. The topological polar surface area (TPSA) is 52.6 Å². The van der Waals surface area contributed by atoms with E-state index < -0.39 is 11.9 Å². The lowest BCUT2D eigenvalue weighted by Crippen LogP contribution is -2.16. The van der Waals surface area contributed by atoms with Crippen LogP contribution in [0.1, 0.15) is 66.2 Å². The smallest absolute Gasteiger partial charge is 0.344 e. The number of carbonyl (C=O) groups is 2. The Morgan fingerprint density at radius 1 is 0.821 bits per heavy atom. The lowest BCUT2D eigenvalue weighted by Gasteiger charge is -2.10. The Morgan fingerprint density at radius 2 is 1.43 bits per heavy atom. The van der Waals surface area contributed by atoms with Crippen molar-refractivity contribution < 1.29 is 19.1 Å². The molecule has 2 rings (SSSR count). The predicted molar refractivity (Wildman–Crippen MR) is 113 cm³/mol. The molecule has 0 aromatic heterocycles. The first-order valence-corrected chi connectivity index (χ1v) is 11.0. The summed E-state index contributed by atoms with van der Waals surface area (Å²) < 4.78 is 10.8. The van der Waals surface area contributed by atoms with Crippen molar-refractivity contribution in [2.24, 2.45) is 0 Å². The van der Waals surface area contributed by atoms with E-state index >= 15 is 0 Å². The van der Waals surface area contributed by atoms with Gasteiger partial charge in [0.05, 0.1) is 17.7 Å². The lowest BCUT2D eigenvalue weighted by molar-refractivity contribution is 0.0489. The highest BCUT2D eigenvalue weighted by Gasteiger charge is 2.19. The van der Waals surface area contributed by atoms with E-state index in [0.717, 1.165) is 24.2 Å². The van der Waals surface area contributed by atoms with Gasteiger partial charge in [-0.1, -0.05) is 51.2 Å². The fourth-order valence-electron chi connectivity index (χ4n) is 2.77. The number of benzene rings is 2. The first-order valence-electron chi connectivity index (χ1n) is 9.78. The molecule has 0 spiro atoms. The summed E-state index contributed by atoms with van der Waals surface area (Å²) in [5, 5.41) is 0. The van der Waals surface area contributed by atoms with E-state index in [1.165, 1.54) is 19.3 Å². The van der Waals surface area contributed by atoms with Crippen molar-refractivity contribution in [1.82, 2.24) is 0 Å². The maximum absolute atomic E-state index is 12.5. The zero-order valence-corrected chi connectivity index (χ0v) is 17.4. The van der Waals surface area contributed by atoms with Gasteiger partial charge < -0.3 is 9.47 Å². The number of unbranched alkanes of at least 4 members (excludes halogenated alkanes) is 5. The molecule has 0 aliphatic rings. The van der Waals surface area contributed by atoms with Gasteiger partial charge in [-0.25, -0.2) is 9.59 Å². The molecule has 0 N–H and O–H groups in total. The van der Waals surface area contributed by atoms with Crippen molar-refractivity contribution in [2.45, 2.75) is 50.3 Å². The molecule has 0 unspecified atom stereocenters. The molecule has 0 atom stereocenters. The van der Waals surface area contributed by atoms with Crippen LogP contribution in [0.25, 0.3) is 0 Å². The molecule has 0 saturated carbocycles. The van der Waals surface area contributed by atoms with Crippen LogP contribution in [0, 0.1) is 0 Å². The van der Waals surface area contributed by atoms with Gasteiger partial charge in [-0.2, -0.15) is 0 Å². The van der Waals surface area contributed by atoms with Gasteiger partial charge in [0, 0.05) is 4.90 Å². The van der Waals surface area contributed by atoms with E-state index in [2.05, 4.69) is 6.92 Å². The van der Waals surface area contributed by atoms with Crippen LogP contribution in [0.2, 0.25) is 0 Å². The Kier molecular flexibility index (Phi) is 9.63. The molecule has 0 aliphatic carbocycles. The quantitative estimate of drug-likeness (QED) is 0.196. The summed E-state index contributed by atoms with van der Waals surface area (Å²) >= 11 is 1.61. The van der Waals surface area contributed by atoms with Crippen molar-refractivity contribution in [3.8, 4) is 5.75 Å². The van der Waals surface area contributed by atoms with Crippen molar-refractivity contribution in [2.75, 3.05) is 12.9 Å². The average molecular weight is 401 g/mol. The molecular formula is C23H28O4S. The Balaban J connectivity index is 1.91. The maximum Gasteiger partial charge on any atom is 0.344 e. The first-order chi connectivity index (χ1) is 13.7. The third-order valence-corrected chi connectivity index (χ3v) is 5.11. The Hall–Kier alpha value is -2.27. The zero-order valence-electron chi connectivity index (χ0n) is 16.6.